The normalized spacial score (nSPS) is 19.6. The van der Waals surface area contributed by atoms with Gasteiger partial charge in [0.1, 0.15) is 13.2 Å². The zero-order chi connectivity index (χ0) is 31.2. The lowest BCUT2D eigenvalue weighted by atomic mass is 9.82. The van der Waals surface area contributed by atoms with E-state index in [0.717, 1.165) is 59.2 Å². The van der Waals surface area contributed by atoms with Crippen molar-refractivity contribution in [2.75, 3.05) is 45.3 Å². The van der Waals surface area contributed by atoms with E-state index in [1.165, 1.54) is 0 Å². The van der Waals surface area contributed by atoms with Crippen LogP contribution in [-0.2, 0) is 33.6 Å². The van der Waals surface area contributed by atoms with Crippen LogP contribution >= 0.6 is 11.6 Å². The summed E-state index contributed by atoms with van der Waals surface area (Å²) < 4.78 is 16.7. The molecule has 5 rings (SSSR count). The molecule has 1 unspecified atom stereocenters. The first kappa shape index (κ1) is 31.8. The zero-order valence-electron chi connectivity index (χ0n) is 25.6. The number of methoxy groups -OCH3 is 1. The van der Waals surface area contributed by atoms with Gasteiger partial charge in [0.05, 0.1) is 12.5 Å². The van der Waals surface area contributed by atoms with Crippen LogP contribution in [0.15, 0.2) is 54.6 Å². The van der Waals surface area contributed by atoms with Crippen LogP contribution in [0.2, 0.25) is 5.02 Å². The first-order valence-electron chi connectivity index (χ1n) is 15.4. The van der Waals surface area contributed by atoms with Gasteiger partial charge in [-0.1, -0.05) is 55.8 Å². The molecule has 2 N–H and O–H groups in total. The molecule has 2 aliphatic heterocycles. The number of amides is 1. The van der Waals surface area contributed by atoms with Gasteiger partial charge in [0, 0.05) is 42.9 Å². The molecule has 1 amide bonds. The molecule has 0 radical (unpaired) electrons. The van der Waals surface area contributed by atoms with Gasteiger partial charge >= 0.3 is 5.97 Å². The number of carbonyl (C=O) groups excluding carboxylic acids is 1. The quantitative estimate of drug-likeness (QED) is 0.230. The van der Waals surface area contributed by atoms with Crippen molar-refractivity contribution in [3.8, 4) is 11.5 Å². The van der Waals surface area contributed by atoms with E-state index in [9.17, 15) is 14.7 Å². The predicted molar refractivity (Wildman–Crippen MR) is 171 cm³/mol. The Morgan fingerprint density at radius 3 is 2.27 bits per heavy atom. The van der Waals surface area contributed by atoms with Crippen LogP contribution in [0.25, 0.3) is 0 Å². The zero-order valence-corrected chi connectivity index (χ0v) is 26.4. The molecule has 9 heteroatoms. The van der Waals surface area contributed by atoms with Crippen molar-refractivity contribution >= 4 is 29.2 Å². The first-order valence-corrected chi connectivity index (χ1v) is 15.8. The van der Waals surface area contributed by atoms with Crippen molar-refractivity contribution in [3.05, 3.63) is 87.4 Å². The number of carboxylic acid groups (broad SMARTS) is 1. The molecule has 1 saturated heterocycles. The average molecular weight is 621 g/mol. The van der Waals surface area contributed by atoms with Crippen LogP contribution < -0.4 is 14.8 Å². The molecule has 234 valence electrons. The van der Waals surface area contributed by atoms with Crippen LogP contribution in [0.4, 0.5) is 5.69 Å². The summed E-state index contributed by atoms with van der Waals surface area (Å²) in [6.45, 7) is 6.11. The molecular weight excluding hydrogens is 580 g/mol. The standard InChI is InChI=1S/C35H41ClN2O6/c1-4-23-17-27(36)18-24(5-2)33(23)37-31(39)21-38-20-28(26-12-13-29-30(19-26)44-16-15-43-29)32(35(40)41)34(38)25-10-8-22(9-11-25)7-6-14-42-3/h8-13,17-19,28,32,34H,4-7,14-16,20-21H2,1-3H3,(H,37,39)(H,40,41)/t28-,32?,34+/m1/s1. The third-order valence-corrected chi connectivity index (χ3v) is 8.87. The second-order valence-corrected chi connectivity index (χ2v) is 11.9. The highest BCUT2D eigenvalue weighted by Gasteiger charge is 2.48. The molecule has 2 aliphatic rings. The number of carboxylic acids is 1. The summed E-state index contributed by atoms with van der Waals surface area (Å²) in [4.78, 5) is 28.7. The highest BCUT2D eigenvalue weighted by atomic mass is 35.5. The molecule has 0 saturated carbocycles. The maximum atomic E-state index is 13.7. The number of aliphatic carboxylic acids is 1. The Morgan fingerprint density at radius 1 is 0.977 bits per heavy atom. The van der Waals surface area contributed by atoms with Gasteiger partial charge in [-0.05, 0) is 77.8 Å². The monoisotopic (exact) mass is 620 g/mol. The van der Waals surface area contributed by atoms with Crippen molar-refractivity contribution in [3.63, 3.8) is 0 Å². The fourth-order valence-electron chi connectivity index (χ4n) is 6.53. The van der Waals surface area contributed by atoms with Gasteiger partial charge in [0.15, 0.2) is 11.5 Å². The van der Waals surface area contributed by atoms with Crippen LogP contribution in [-0.4, -0.2) is 61.9 Å². The number of likely N-dealkylation sites (tertiary alicyclic amines) is 1. The number of nitrogens with zero attached hydrogens (tertiary/aromatic N) is 1. The van der Waals surface area contributed by atoms with E-state index < -0.39 is 17.9 Å². The van der Waals surface area contributed by atoms with Gasteiger partial charge in [0.25, 0.3) is 0 Å². The highest BCUT2D eigenvalue weighted by molar-refractivity contribution is 6.30. The van der Waals surface area contributed by atoms with Crippen LogP contribution in [0, 0.1) is 5.92 Å². The van der Waals surface area contributed by atoms with E-state index in [-0.39, 0.29) is 18.4 Å². The van der Waals surface area contributed by atoms with Crippen LogP contribution in [0.5, 0.6) is 11.5 Å². The molecule has 0 aromatic heterocycles. The predicted octanol–water partition coefficient (Wildman–Crippen LogP) is 6.30. The summed E-state index contributed by atoms with van der Waals surface area (Å²) in [5.41, 5.74) is 5.62. The van der Waals surface area contributed by atoms with E-state index >= 15 is 0 Å². The molecule has 8 nitrogen and oxygen atoms in total. The average Bonchev–Trinajstić information content (AvgIpc) is 3.41. The van der Waals surface area contributed by atoms with Crippen molar-refractivity contribution in [1.29, 1.82) is 0 Å². The van der Waals surface area contributed by atoms with Gasteiger partial charge in [-0.3, -0.25) is 14.5 Å². The maximum Gasteiger partial charge on any atom is 0.309 e. The molecular formula is C35H41ClN2O6. The van der Waals surface area contributed by atoms with Crippen molar-refractivity contribution in [2.24, 2.45) is 5.92 Å². The number of fused-ring (bicyclic) bond motifs is 1. The number of aryl methyl sites for hydroxylation is 3. The summed E-state index contributed by atoms with van der Waals surface area (Å²) >= 11 is 6.35. The smallest absolute Gasteiger partial charge is 0.309 e. The lowest BCUT2D eigenvalue weighted by molar-refractivity contribution is -0.143. The summed E-state index contributed by atoms with van der Waals surface area (Å²) in [5.74, 6) is -0.963. The number of nitrogens with one attached hydrogen (secondary N) is 1. The number of ether oxygens (including phenoxy) is 3. The van der Waals surface area contributed by atoms with Gasteiger partial charge in [-0.15, -0.1) is 0 Å². The third-order valence-electron chi connectivity index (χ3n) is 8.65. The van der Waals surface area contributed by atoms with Gasteiger partial charge in [-0.25, -0.2) is 0 Å². The minimum Gasteiger partial charge on any atom is -0.486 e. The molecule has 1 fully saturated rings. The van der Waals surface area contributed by atoms with Crippen molar-refractivity contribution < 1.29 is 28.9 Å². The van der Waals surface area contributed by atoms with E-state index in [0.29, 0.717) is 42.9 Å². The van der Waals surface area contributed by atoms with Gasteiger partial charge < -0.3 is 24.6 Å². The molecule has 44 heavy (non-hydrogen) atoms. The van der Waals surface area contributed by atoms with Crippen LogP contribution in [0.3, 0.4) is 0 Å². The van der Waals surface area contributed by atoms with Crippen LogP contribution in [0.1, 0.15) is 60.0 Å². The van der Waals surface area contributed by atoms with Crippen molar-refractivity contribution in [2.45, 2.75) is 51.5 Å². The summed E-state index contributed by atoms with van der Waals surface area (Å²) in [5, 5.41) is 14.4. The number of anilines is 1. The molecule has 0 spiro atoms. The van der Waals surface area contributed by atoms with E-state index in [4.69, 9.17) is 25.8 Å². The first-order chi connectivity index (χ1) is 21.3. The largest absolute Gasteiger partial charge is 0.486 e. The van der Waals surface area contributed by atoms with E-state index in [2.05, 4.69) is 5.32 Å². The highest BCUT2D eigenvalue weighted by Crippen LogP contribution is 2.47. The maximum absolute atomic E-state index is 13.7. The Morgan fingerprint density at radius 2 is 1.64 bits per heavy atom. The van der Waals surface area contributed by atoms with E-state index in [1.807, 2.05) is 73.3 Å². The Bertz CT molecular complexity index is 1450. The Hall–Kier alpha value is -3.59. The molecule has 3 aromatic rings. The molecule has 2 heterocycles. The van der Waals surface area contributed by atoms with Gasteiger partial charge in [0.2, 0.25) is 5.91 Å². The minimum absolute atomic E-state index is 0.0417. The second kappa shape index (κ2) is 14.5. The van der Waals surface area contributed by atoms with E-state index in [1.54, 1.807) is 7.11 Å². The number of benzene rings is 3. The molecule has 0 aliphatic carbocycles. The summed E-state index contributed by atoms with van der Waals surface area (Å²) in [7, 11) is 1.69. The fraction of sp³-hybridized carbons (Fsp3) is 0.429. The van der Waals surface area contributed by atoms with Crippen molar-refractivity contribution in [1.82, 2.24) is 4.90 Å². The SMILES string of the molecule is CCc1cc(Cl)cc(CC)c1NC(=O)CN1C[C@H](c2ccc3c(c2)OCCO3)C(C(=O)O)[C@@H]1c1ccc(CCCOC)cc1. The second-order valence-electron chi connectivity index (χ2n) is 11.4. The lowest BCUT2D eigenvalue weighted by Gasteiger charge is -2.27. The minimum atomic E-state index is -0.902. The Labute approximate surface area is 264 Å². The number of hydrogen-bond acceptors (Lipinski definition) is 6. The Balaban J connectivity index is 1.47. The summed E-state index contributed by atoms with van der Waals surface area (Å²) in [6, 6.07) is 17.0. The molecule has 0 bridgehead atoms. The number of carbonyl (C=O) groups is 2. The molecule has 3 aromatic carbocycles. The summed E-state index contributed by atoms with van der Waals surface area (Å²) in [6.07, 6.45) is 3.21. The van der Waals surface area contributed by atoms with Gasteiger partial charge in [-0.2, -0.15) is 0 Å². The topological polar surface area (TPSA) is 97.3 Å². The lowest BCUT2D eigenvalue weighted by Crippen LogP contribution is -2.35. The molecule has 3 atom stereocenters. The Kier molecular flexibility index (Phi) is 10.5. The third kappa shape index (κ3) is 7.04. The number of hydrogen-bond donors (Lipinski definition) is 2. The number of halogens is 1. The fourth-order valence-corrected chi connectivity index (χ4v) is 6.79. The number of rotatable bonds is 12.